The van der Waals surface area contributed by atoms with Gasteiger partial charge in [-0.1, -0.05) is 91.9 Å². The minimum atomic E-state index is -1.06. The highest BCUT2D eigenvalue weighted by atomic mass is 16.3. The molecule has 3 amide bonds. The number of phenolic OH excluding ortho intramolecular Hbond substituents is 1. The first-order valence-electron chi connectivity index (χ1n) is 13.4. The molecule has 2 atom stereocenters. The number of nitrogens with one attached hydrogen (secondary N) is 1. The lowest BCUT2D eigenvalue weighted by Crippen LogP contribution is -2.53. The molecule has 7 heteroatoms. The summed E-state index contributed by atoms with van der Waals surface area (Å²) in [5.74, 6) is -0.976. The van der Waals surface area contributed by atoms with Gasteiger partial charge in [-0.2, -0.15) is 0 Å². The molecule has 0 aromatic heterocycles. The zero-order valence-corrected chi connectivity index (χ0v) is 23.1. The van der Waals surface area contributed by atoms with Crippen molar-refractivity contribution in [1.82, 2.24) is 15.1 Å². The maximum Gasteiger partial charge on any atom is 0.250 e. The molecule has 4 aromatic rings. The largest absolute Gasteiger partial charge is 0.508 e. The second kappa shape index (κ2) is 12.9. The minimum Gasteiger partial charge on any atom is -0.508 e. The zero-order chi connectivity index (χ0) is 28.6. The molecular weight excluding hydrogens is 502 g/mol. The molecule has 0 heterocycles. The molecule has 4 aromatic carbocycles. The monoisotopic (exact) mass is 537 g/mol. The molecule has 0 aliphatic rings. The summed E-state index contributed by atoms with van der Waals surface area (Å²) in [6.45, 7) is 3.97. The highest BCUT2D eigenvalue weighted by Gasteiger charge is 2.38. The SMILES string of the molecule is CCC(=O)N(C(C)C(=O)NCc1ccccc1)C(C(=O)N(C)Cc1cccc2ccccc12)c1ccc(O)cc1. The normalized spacial score (nSPS) is 12.4. The first-order valence-corrected chi connectivity index (χ1v) is 13.4. The lowest BCUT2D eigenvalue weighted by atomic mass is 9.99. The summed E-state index contributed by atoms with van der Waals surface area (Å²) >= 11 is 0. The number of fused-ring (bicyclic) bond motifs is 1. The van der Waals surface area contributed by atoms with Gasteiger partial charge in [0.25, 0.3) is 0 Å². The molecule has 4 rings (SSSR count). The molecular formula is C33H35N3O4. The van der Waals surface area contributed by atoms with Crippen molar-refractivity contribution in [3.8, 4) is 5.75 Å². The molecule has 0 aliphatic carbocycles. The van der Waals surface area contributed by atoms with E-state index in [9.17, 15) is 19.5 Å². The van der Waals surface area contributed by atoms with Gasteiger partial charge < -0.3 is 20.2 Å². The van der Waals surface area contributed by atoms with Gasteiger partial charge in [0.05, 0.1) is 0 Å². The lowest BCUT2D eigenvalue weighted by Gasteiger charge is -2.37. The second-order valence-electron chi connectivity index (χ2n) is 9.86. The Morgan fingerprint density at radius 1 is 0.850 bits per heavy atom. The average molecular weight is 538 g/mol. The van der Waals surface area contributed by atoms with Gasteiger partial charge in [-0.3, -0.25) is 14.4 Å². The van der Waals surface area contributed by atoms with Crippen molar-refractivity contribution in [1.29, 1.82) is 0 Å². The van der Waals surface area contributed by atoms with Crippen LogP contribution in [0.25, 0.3) is 10.8 Å². The molecule has 0 fully saturated rings. The van der Waals surface area contributed by atoms with Crippen LogP contribution in [0.5, 0.6) is 5.75 Å². The number of hydrogen-bond acceptors (Lipinski definition) is 4. The van der Waals surface area contributed by atoms with E-state index in [-0.39, 0.29) is 29.9 Å². The number of carbonyl (C=O) groups is 3. The summed E-state index contributed by atoms with van der Waals surface area (Å²) in [6.07, 6.45) is 0.116. The standard InChI is InChI=1S/C33H35N3O4/c1-4-30(38)36(23(2)32(39)34-21-24-11-6-5-7-12-24)31(26-17-19-28(37)20-18-26)33(40)35(3)22-27-15-10-14-25-13-8-9-16-29(25)27/h5-20,23,31,37H,4,21-22H2,1-3H3,(H,34,39). The van der Waals surface area contributed by atoms with Crippen molar-refractivity contribution in [2.24, 2.45) is 0 Å². The van der Waals surface area contributed by atoms with Crippen LogP contribution in [0.1, 0.15) is 43.0 Å². The van der Waals surface area contributed by atoms with Gasteiger partial charge in [0.2, 0.25) is 17.7 Å². The highest BCUT2D eigenvalue weighted by Crippen LogP contribution is 2.29. The summed E-state index contributed by atoms with van der Waals surface area (Å²) in [6, 6.07) is 27.7. The molecule has 7 nitrogen and oxygen atoms in total. The molecule has 2 N–H and O–H groups in total. The number of nitrogens with zero attached hydrogens (tertiary/aromatic N) is 2. The van der Waals surface area contributed by atoms with Gasteiger partial charge in [-0.25, -0.2) is 0 Å². The van der Waals surface area contributed by atoms with Gasteiger partial charge in [0.15, 0.2) is 0 Å². The van der Waals surface area contributed by atoms with Gasteiger partial charge in [0, 0.05) is 26.6 Å². The van der Waals surface area contributed by atoms with E-state index in [1.807, 2.05) is 72.8 Å². The Bertz CT molecular complexity index is 1470. The van der Waals surface area contributed by atoms with Crippen LogP contribution >= 0.6 is 0 Å². The van der Waals surface area contributed by atoms with Crippen LogP contribution < -0.4 is 5.32 Å². The van der Waals surface area contributed by atoms with Crippen LogP contribution in [0.3, 0.4) is 0 Å². The predicted molar refractivity (Wildman–Crippen MR) is 156 cm³/mol. The summed E-state index contributed by atoms with van der Waals surface area (Å²) in [4.78, 5) is 43.9. The Hall–Kier alpha value is -4.65. The summed E-state index contributed by atoms with van der Waals surface area (Å²) < 4.78 is 0. The fraction of sp³-hybridized carbons (Fsp3) is 0.242. The fourth-order valence-electron chi connectivity index (χ4n) is 4.88. The van der Waals surface area contributed by atoms with Gasteiger partial charge in [0.1, 0.15) is 17.8 Å². The van der Waals surface area contributed by atoms with Crippen LogP contribution in [0, 0.1) is 0 Å². The maximum atomic E-state index is 14.2. The van der Waals surface area contributed by atoms with Crippen molar-refractivity contribution in [2.45, 2.75) is 45.4 Å². The van der Waals surface area contributed by atoms with E-state index in [4.69, 9.17) is 0 Å². The molecule has 0 radical (unpaired) electrons. The quantitative estimate of drug-likeness (QED) is 0.291. The second-order valence-corrected chi connectivity index (χ2v) is 9.86. The summed E-state index contributed by atoms with van der Waals surface area (Å²) in [5, 5.41) is 14.9. The van der Waals surface area contributed by atoms with Crippen molar-refractivity contribution in [3.63, 3.8) is 0 Å². The van der Waals surface area contributed by atoms with E-state index in [2.05, 4.69) is 5.32 Å². The Kier molecular flexibility index (Phi) is 9.17. The first kappa shape index (κ1) is 28.4. The average Bonchev–Trinajstić information content (AvgIpc) is 2.99. The van der Waals surface area contributed by atoms with Crippen LogP contribution in [0.15, 0.2) is 97.1 Å². The van der Waals surface area contributed by atoms with Crippen LogP contribution in [0.2, 0.25) is 0 Å². The Morgan fingerprint density at radius 2 is 1.50 bits per heavy atom. The number of amides is 3. The topological polar surface area (TPSA) is 90.0 Å². The van der Waals surface area contributed by atoms with Gasteiger partial charge in [-0.05, 0) is 46.5 Å². The van der Waals surface area contributed by atoms with E-state index in [1.54, 1.807) is 37.9 Å². The Labute approximate surface area is 235 Å². The zero-order valence-electron chi connectivity index (χ0n) is 23.1. The minimum absolute atomic E-state index is 0.0427. The number of rotatable bonds is 10. The molecule has 0 aliphatic heterocycles. The van der Waals surface area contributed by atoms with Gasteiger partial charge >= 0.3 is 0 Å². The first-order chi connectivity index (χ1) is 19.3. The number of carbonyl (C=O) groups excluding carboxylic acids is 3. The number of benzene rings is 4. The van der Waals surface area contributed by atoms with Crippen LogP contribution in [0.4, 0.5) is 0 Å². The predicted octanol–water partition coefficient (Wildman–Crippen LogP) is 5.19. The lowest BCUT2D eigenvalue weighted by molar-refractivity contribution is -0.151. The van der Waals surface area contributed by atoms with E-state index in [1.165, 1.54) is 17.0 Å². The van der Waals surface area contributed by atoms with Crippen molar-refractivity contribution in [3.05, 3.63) is 114 Å². The third kappa shape index (κ3) is 6.49. The van der Waals surface area contributed by atoms with E-state index >= 15 is 0 Å². The van der Waals surface area contributed by atoms with Crippen molar-refractivity contribution in [2.75, 3.05) is 7.05 Å². The van der Waals surface area contributed by atoms with E-state index in [0.29, 0.717) is 18.7 Å². The number of likely N-dealkylation sites (N-methyl/N-ethyl adjacent to an activating group) is 1. The van der Waals surface area contributed by atoms with Crippen molar-refractivity contribution >= 4 is 28.5 Å². The van der Waals surface area contributed by atoms with Crippen LogP contribution in [-0.4, -0.2) is 45.7 Å². The Morgan fingerprint density at radius 3 is 2.20 bits per heavy atom. The van der Waals surface area contributed by atoms with Crippen LogP contribution in [-0.2, 0) is 27.5 Å². The van der Waals surface area contributed by atoms with Crippen molar-refractivity contribution < 1.29 is 19.5 Å². The molecule has 2 unspecified atom stereocenters. The van der Waals surface area contributed by atoms with E-state index < -0.39 is 12.1 Å². The number of phenols is 1. The summed E-state index contributed by atoms with van der Waals surface area (Å²) in [7, 11) is 1.70. The summed E-state index contributed by atoms with van der Waals surface area (Å²) in [5.41, 5.74) is 2.41. The fourth-order valence-corrected chi connectivity index (χ4v) is 4.88. The van der Waals surface area contributed by atoms with E-state index in [0.717, 1.165) is 21.9 Å². The third-order valence-electron chi connectivity index (χ3n) is 7.08. The highest BCUT2D eigenvalue weighted by molar-refractivity contribution is 5.93. The molecule has 0 bridgehead atoms. The number of aromatic hydroxyl groups is 1. The third-order valence-corrected chi connectivity index (χ3v) is 7.08. The van der Waals surface area contributed by atoms with Gasteiger partial charge in [-0.15, -0.1) is 0 Å². The number of hydrogen-bond donors (Lipinski definition) is 2. The Balaban J connectivity index is 1.66. The molecule has 206 valence electrons. The maximum absolute atomic E-state index is 14.2. The molecule has 0 spiro atoms. The molecule has 0 saturated heterocycles. The smallest absolute Gasteiger partial charge is 0.250 e. The molecule has 40 heavy (non-hydrogen) atoms. The molecule has 0 saturated carbocycles.